The smallest absolute Gasteiger partial charge is 0.0898 e. The molecule has 22 heavy (non-hydrogen) atoms. The van der Waals surface area contributed by atoms with Gasteiger partial charge in [0, 0.05) is 28.4 Å². The molecule has 0 aliphatic rings. The van der Waals surface area contributed by atoms with Crippen molar-refractivity contribution in [3.8, 4) is 0 Å². The zero-order chi connectivity index (χ0) is 16.5. The minimum Gasteiger partial charge on any atom is -0.400 e. The maximum Gasteiger partial charge on any atom is 0.0898 e. The van der Waals surface area contributed by atoms with Gasteiger partial charge in [-0.3, -0.25) is 9.97 Å². The monoisotopic (exact) mass is 426 g/mol. The number of rotatable bonds is 0. The molecule has 0 atom stereocenters. The zero-order valence-corrected chi connectivity index (χ0v) is 15.0. The van der Waals surface area contributed by atoms with Crippen molar-refractivity contribution in [2.45, 2.75) is 0 Å². The van der Waals surface area contributed by atoms with E-state index in [1.54, 1.807) is 24.5 Å². The molecule has 5 nitrogen and oxygen atoms in total. The second-order valence-electron chi connectivity index (χ2n) is 3.96. The molecule has 5 N–H and O–H groups in total. The summed E-state index contributed by atoms with van der Waals surface area (Å²) in [6.07, 6.45) is 3.38. The van der Waals surface area contributed by atoms with Crippen LogP contribution in [-0.4, -0.2) is 22.2 Å². The molecule has 0 bridgehead atoms. The van der Waals surface area contributed by atoms with E-state index in [-0.39, 0.29) is 0 Å². The van der Waals surface area contributed by atoms with E-state index in [0.29, 0.717) is 11.4 Å². The Bertz CT molecular complexity index is 738. The molecule has 1 heterocycles. The summed E-state index contributed by atoms with van der Waals surface area (Å²) in [5.74, 6) is 0. The lowest BCUT2D eigenvalue weighted by atomic mass is 10.3. The Morgan fingerprint density at radius 3 is 1.91 bits per heavy atom. The minimum absolute atomic E-state index is 0.615. The second kappa shape index (κ2) is 9.34. The maximum absolute atomic E-state index is 7.00. The van der Waals surface area contributed by atoms with Gasteiger partial charge in [-0.15, -0.1) is 0 Å². The van der Waals surface area contributed by atoms with Crippen LogP contribution in [-0.2, 0) is 0 Å². The third-order valence-electron chi connectivity index (χ3n) is 2.48. The highest BCUT2D eigenvalue weighted by Gasteiger charge is 1.93. The van der Waals surface area contributed by atoms with Crippen molar-refractivity contribution >= 4 is 54.3 Å². The first-order valence-corrected chi connectivity index (χ1v) is 7.76. The number of nitrogens with two attached hydrogens (primary N) is 2. The number of aliphatic hydroxyl groups is 1. The molecule has 3 rings (SSSR count). The summed E-state index contributed by atoms with van der Waals surface area (Å²) in [5, 5.41) is 7.00. The predicted molar refractivity (Wildman–Crippen MR) is 98.3 cm³/mol. The Kier molecular flexibility index (Phi) is 7.79. The molecule has 0 saturated carbocycles. The topological polar surface area (TPSA) is 98.0 Å². The van der Waals surface area contributed by atoms with Crippen molar-refractivity contribution in [3.05, 3.63) is 57.7 Å². The number of aromatic nitrogens is 2. The molecule has 0 fully saturated rings. The number of fused-ring (bicyclic) bond motifs is 1. The highest BCUT2D eigenvalue weighted by molar-refractivity contribution is 9.10. The van der Waals surface area contributed by atoms with Crippen LogP contribution in [0.5, 0.6) is 0 Å². The van der Waals surface area contributed by atoms with Gasteiger partial charge in [-0.25, -0.2) is 0 Å². The largest absolute Gasteiger partial charge is 0.400 e. The van der Waals surface area contributed by atoms with Gasteiger partial charge in [0.1, 0.15) is 0 Å². The van der Waals surface area contributed by atoms with Gasteiger partial charge in [-0.05, 0) is 36.4 Å². The minimum atomic E-state index is 0.615. The van der Waals surface area contributed by atoms with Crippen molar-refractivity contribution in [1.29, 1.82) is 0 Å². The molecule has 0 radical (unpaired) electrons. The van der Waals surface area contributed by atoms with E-state index in [4.69, 9.17) is 16.6 Å². The molecule has 0 aliphatic heterocycles. The fourth-order valence-corrected chi connectivity index (χ4v) is 2.21. The first-order chi connectivity index (χ1) is 10.6. The summed E-state index contributed by atoms with van der Waals surface area (Å²) in [7, 11) is 1.00. The van der Waals surface area contributed by atoms with E-state index in [1.165, 1.54) is 0 Å². The van der Waals surface area contributed by atoms with Crippen molar-refractivity contribution < 1.29 is 5.11 Å². The molecule has 7 heteroatoms. The number of halogens is 2. The van der Waals surface area contributed by atoms with Crippen LogP contribution in [0.4, 0.5) is 11.4 Å². The lowest BCUT2D eigenvalue weighted by molar-refractivity contribution is 0.399. The van der Waals surface area contributed by atoms with Gasteiger partial charge < -0.3 is 16.6 Å². The molecule has 2 aromatic carbocycles. The van der Waals surface area contributed by atoms with Crippen molar-refractivity contribution in [1.82, 2.24) is 9.97 Å². The highest BCUT2D eigenvalue weighted by Crippen LogP contribution is 2.19. The first-order valence-electron chi connectivity index (χ1n) is 6.18. The van der Waals surface area contributed by atoms with E-state index >= 15 is 0 Å². The Hall–Kier alpha value is -1.70. The van der Waals surface area contributed by atoms with E-state index in [1.807, 2.05) is 24.3 Å². The fourth-order valence-electron chi connectivity index (χ4n) is 1.48. The van der Waals surface area contributed by atoms with Gasteiger partial charge in [0.05, 0.1) is 22.4 Å². The average molecular weight is 428 g/mol. The summed E-state index contributed by atoms with van der Waals surface area (Å²) in [5.41, 5.74) is 14.0. The maximum atomic E-state index is 7.00. The average Bonchev–Trinajstić information content (AvgIpc) is 2.54. The number of hydrogen-bond donors (Lipinski definition) is 3. The number of nitrogens with zero attached hydrogens (tertiary/aromatic N) is 2. The first kappa shape index (κ1) is 18.3. The Morgan fingerprint density at radius 1 is 0.773 bits per heavy atom. The Labute approximate surface area is 145 Å². The standard InChI is InChI=1S/C8H5BrN2.C6H7BrN2.CH4O/c9-6-1-2-7-8(5-6)11-4-3-10-7;7-4-1-2-5(8)6(9)3-4;1-2/h1-5H;1-3H,8-9H2;2H,1H3. The van der Waals surface area contributed by atoms with Gasteiger partial charge in [0.2, 0.25) is 0 Å². The molecular formula is C15H16Br2N4O. The molecule has 116 valence electrons. The van der Waals surface area contributed by atoms with Gasteiger partial charge in [-0.2, -0.15) is 0 Å². The van der Waals surface area contributed by atoms with Crippen LogP contribution < -0.4 is 11.5 Å². The van der Waals surface area contributed by atoms with Gasteiger partial charge in [0.15, 0.2) is 0 Å². The van der Waals surface area contributed by atoms with Crippen molar-refractivity contribution in [3.63, 3.8) is 0 Å². The summed E-state index contributed by atoms with van der Waals surface area (Å²) in [6.45, 7) is 0. The quantitative estimate of drug-likeness (QED) is 0.476. The normalized spacial score (nSPS) is 9.27. The predicted octanol–water partition coefficient (Wildman–Crippen LogP) is 3.61. The molecular weight excluding hydrogens is 412 g/mol. The van der Waals surface area contributed by atoms with Crippen LogP contribution in [0.25, 0.3) is 11.0 Å². The summed E-state index contributed by atoms with van der Waals surface area (Å²) >= 11 is 6.63. The van der Waals surface area contributed by atoms with Crippen LogP contribution in [0.15, 0.2) is 57.7 Å². The van der Waals surface area contributed by atoms with Crippen molar-refractivity contribution in [2.24, 2.45) is 0 Å². The van der Waals surface area contributed by atoms with Crippen LogP contribution in [0, 0.1) is 0 Å². The lowest BCUT2D eigenvalue weighted by Crippen LogP contribution is -1.92. The third kappa shape index (κ3) is 5.59. The second-order valence-corrected chi connectivity index (χ2v) is 5.79. The Balaban J connectivity index is 0.000000202. The number of nitrogen functional groups attached to an aromatic ring is 2. The highest BCUT2D eigenvalue weighted by atomic mass is 79.9. The van der Waals surface area contributed by atoms with Crippen LogP contribution in [0.3, 0.4) is 0 Å². The van der Waals surface area contributed by atoms with E-state index in [2.05, 4.69) is 41.8 Å². The van der Waals surface area contributed by atoms with Gasteiger partial charge in [-0.1, -0.05) is 31.9 Å². The molecule has 0 spiro atoms. The molecule has 1 aromatic heterocycles. The lowest BCUT2D eigenvalue weighted by Gasteiger charge is -1.97. The van der Waals surface area contributed by atoms with Crippen LogP contribution >= 0.6 is 31.9 Å². The van der Waals surface area contributed by atoms with E-state index < -0.39 is 0 Å². The molecule has 0 saturated heterocycles. The number of aliphatic hydroxyl groups excluding tert-OH is 1. The van der Waals surface area contributed by atoms with Crippen LogP contribution in [0.2, 0.25) is 0 Å². The summed E-state index contributed by atoms with van der Waals surface area (Å²) in [6, 6.07) is 11.2. The summed E-state index contributed by atoms with van der Waals surface area (Å²) < 4.78 is 1.99. The fraction of sp³-hybridized carbons (Fsp3) is 0.0667. The van der Waals surface area contributed by atoms with E-state index in [9.17, 15) is 0 Å². The Morgan fingerprint density at radius 2 is 1.32 bits per heavy atom. The number of anilines is 2. The summed E-state index contributed by atoms with van der Waals surface area (Å²) in [4.78, 5) is 8.29. The molecule has 0 unspecified atom stereocenters. The van der Waals surface area contributed by atoms with E-state index in [0.717, 1.165) is 27.1 Å². The number of benzene rings is 2. The SMILES string of the molecule is Brc1ccc2nccnc2c1.CO.Nc1ccc(Br)cc1N. The molecule has 3 aromatic rings. The number of hydrogen-bond acceptors (Lipinski definition) is 5. The van der Waals surface area contributed by atoms with Gasteiger partial charge >= 0.3 is 0 Å². The van der Waals surface area contributed by atoms with Gasteiger partial charge in [0.25, 0.3) is 0 Å². The molecule has 0 aliphatic carbocycles. The zero-order valence-electron chi connectivity index (χ0n) is 11.9. The van der Waals surface area contributed by atoms with Crippen molar-refractivity contribution in [2.75, 3.05) is 18.6 Å². The van der Waals surface area contributed by atoms with Crippen LogP contribution in [0.1, 0.15) is 0 Å². The third-order valence-corrected chi connectivity index (χ3v) is 3.47. The molecule has 0 amide bonds.